The summed E-state index contributed by atoms with van der Waals surface area (Å²) < 4.78 is 0. The third-order valence-electron chi connectivity index (χ3n) is 2.28. The van der Waals surface area contributed by atoms with Gasteiger partial charge in [0.05, 0.1) is 4.92 Å². The minimum atomic E-state index is -0.508. The Morgan fingerprint density at radius 1 is 1.59 bits per heavy atom. The van der Waals surface area contributed by atoms with Gasteiger partial charge in [-0.15, -0.1) is 19.0 Å². The number of halogens is 2. The van der Waals surface area contributed by atoms with E-state index in [1.165, 1.54) is 12.1 Å². The van der Waals surface area contributed by atoms with Gasteiger partial charge in [-0.25, -0.2) is 0 Å². The van der Waals surface area contributed by atoms with E-state index in [1.807, 2.05) is 0 Å². The predicted octanol–water partition coefficient (Wildman–Crippen LogP) is 3.64. The normalized spacial score (nSPS) is 11.4. The molecule has 0 aliphatic heterocycles. The quantitative estimate of drug-likeness (QED) is 0.507. The first-order valence-corrected chi connectivity index (χ1v) is 5.24. The summed E-state index contributed by atoms with van der Waals surface area (Å²) >= 11 is 5.70. The average molecular weight is 277 g/mol. The van der Waals surface area contributed by atoms with Gasteiger partial charge in [0.25, 0.3) is 5.69 Å². The Labute approximate surface area is 111 Å². The highest BCUT2D eigenvalue weighted by molar-refractivity contribution is 6.32. The second-order valence-corrected chi connectivity index (χ2v) is 3.85. The number of nitrogens with zero attached hydrogens (tertiary/aromatic N) is 1. The van der Waals surface area contributed by atoms with Gasteiger partial charge in [-0.3, -0.25) is 10.1 Å². The van der Waals surface area contributed by atoms with Crippen molar-refractivity contribution in [1.82, 2.24) is 0 Å². The molecule has 4 nitrogen and oxygen atoms in total. The summed E-state index contributed by atoms with van der Waals surface area (Å²) in [6.45, 7) is 3.60. The molecule has 1 aromatic rings. The molecule has 94 valence electrons. The fourth-order valence-corrected chi connectivity index (χ4v) is 1.55. The van der Waals surface area contributed by atoms with E-state index < -0.39 is 4.92 Å². The molecule has 0 heterocycles. The maximum Gasteiger partial charge on any atom is 0.288 e. The van der Waals surface area contributed by atoms with Crippen LogP contribution in [0.2, 0.25) is 5.02 Å². The van der Waals surface area contributed by atoms with Gasteiger partial charge in [-0.2, -0.15) is 0 Å². The highest BCUT2D eigenvalue weighted by Crippen LogP contribution is 2.28. The summed E-state index contributed by atoms with van der Waals surface area (Å²) in [6.07, 6.45) is 3.25. The fourth-order valence-electron chi connectivity index (χ4n) is 1.36. The van der Waals surface area contributed by atoms with Crippen LogP contribution in [0, 0.1) is 10.1 Å². The van der Waals surface area contributed by atoms with Crippen molar-refractivity contribution in [3.05, 3.63) is 51.6 Å². The van der Waals surface area contributed by atoms with Crippen LogP contribution in [0.1, 0.15) is 24.4 Å². The molecule has 17 heavy (non-hydrogen) atoms. The summed E-state index contributed by atoms with van der Waals surface area (Å²) in [7, 11) is 0. The van der Waals surface area contributed by atoms with Crippen molar-refractivity contribution in [2.24, 2.45) is 5.73 Å². The highest BCUT2D eigenvalue weighted by atomic mass is 35.5. The number of nitro groups is 1. The van der Waals surface area contributed by atoms with Crippen molar-refractivity contribution < 1.29 is 4.92 Å². The Bertz CT molecular complexity index is 410. The van der Waals surface area contributed by atoms with Crippen molar-refractivity contribution in [1.29, 1.82) is 0 Å². The smallest absolute Gasteiger partial charge is 0.288 e. The maximum absolute atomic E-state index is 10.7. The predicted molar refractivity (Wildman–Crippen MR) is 71.7 cm³/mol. The van der Waals surface area contributed by atoms with Crippen LogP contribution in [0.15, 0.2) is 30.9 Å². The van der Waals surface area contributed by atoms with Gasteiger partial charge < -0.3 is 5.73 Å². The first-order chi connectivity index (χ1) is 7.56. The molecule has 0 aromatic heterocycles. The van der Waals surface area contributed by atoms with E-state index >= 15 is 0 Å². The molecule has 0 spiro atoms. The number of nitrogens with two attached hydrogens (primary N) is 1. The Hall–Kier alpha value is -1.10. The number of hydrogen-bond donors (Lipinski definition) is 1. The number of allylic oxidation sites excluding steroid dienone is 1. The van der Waals surface area contributed by atoms with E-state index in [9.17, 15) is 10.1 Å². The molecule has 0 amide bonds. The highest BCUT2D eigenvalue weighted by Gasteiger charge is 2.15. The van der Waals surface area contributed by atoms with Gasteiger partial charge >= 0.3 is 0 Å². The van der Waals surface area contributed by atoms with Crippen molar-refractivity contribution in [2.45, 2.75) is 18.9 Å². The molecular weight excluding hydrogens is 263 g/mol. The van der Waals surface area contributed by atoms with Crippen LogP contribution in [0.25, 0.3) is 0 Å². The van der Waals surface area contributed by atoms with E-state index in [4.69, 9.17) is 17.3 Å². The molecule has 0 aliphatic rings. The molecule has 0 saturated carbocycles. The maximum atomic E-state index is 10.7. The molecule has 0 radical (unpaired) electrons. The van der Waals surface area contributed by atoms with Crippen molar-refractivity contribution >= 4 is 29.7 Å². The zero-order chi connectivity index (χ0) is 12.1. The number of rotatable bonds is 5. The topological polar surface area (TPSA) is 69.2 Å². The van der Waals surface area contributed by atoms with E-state index in [2.05, 4.69) is 6.58 Å². The summed E-state index contributed by atoms with van der Waals surface area (Å²) in [4.78, 5) is 10.2. The molecule has 6 heteroatoms. The number of benzene rings is 1. The van der Waals surface area contributed by atoms with Gasteiger partial charge in [0.2, 0.25) is 0 Å². The molecule has 0 unspecified atom stereocenters. The fraction of sp³-hybridized carbons (Fsp3) is 0.273. The first kappa shape index (κ1) is 15.9. The number of hydrogen-bond acceptors (Lipinski definition) is 3. The molecule has 2 N–H and O–H groups in total. The Kier molecular flexibility index (Phi) is 6.80. The lowest BCUT2D eigenvalue weighted by Gasteiger charge is -2.10. The van der Waals surface area contributed by atoms with E-state index in [1.54, 1.807) is 12.1 Å². The summed E-state index contributed by atoms with van der Waals surface area (Å²) in [5.74, 6) is 0. The Morgan fingerprint density at radius 3 is 2.76 bits per heavy atom. The van der Waals surface area contributed by atoms with Crippen LogP contribution in [0.5, 0.6) is 0 Å². The van der Waals surface area contributed by atoms with E-state index in [-0.39, 0.29) is 29.2 Å². The van der Waals surface area contributed by atoms with Crippen LogP contribution < -0.4 is 5.73 Å². The molecule has 1 atom stereocenters. The van der Waals surface area contributed by atoms with Gasteiger partial charge in [0, 0.05) is 12.1 Å². The molecule has 0 fully saturated rings. The standard InChI is InChI=1S/C11H13ClN2O2.ClH/c1-2-3-4-10(13)8-5-6-9(12)11(7-8)14(15)16;/h2,5-7,10H,1,3-4,13H2;1H/t10-;/m0./s1. The van der Waals surface area contributed by atoms with Crippen LogP contribution in [-0.4, -0.2) is 4.92 Å². The second kappa shape index (κ2) is 7.27. The molecule has 0 aliphatic carbocycles. The van der Waals surface area contributed by atoms with Crippen LogP contribution in [0.4, 0.5) is 5.69 Å². The third kappa shape index (κ3) is 4.34. The number of nitro benzene ring substituents is 1. The Morgan fingerprint density at radius 2 is 2.24 bits per heavy atom. The summed E-state index contributed by atoms with van der Waals surface area (Å²) in [5, 5.41) is 10.8. The SMILES string of the molecule is C=CCC[C@H](N)c1ccc(Cl)c([N+](=O)[O-])c1.Cl. The molecule has 1 aromatic carbocycles. The Balaban J connectivity index is 0.00000256. The largest absolute Gasteiger partial charge is 0.324 e. The third-order valence-corrected chi connectivity index (χ3v) is 2.60. The minimum Gasteiger partial charge on any atom is -0.324 e. The van der Waals surface area contributed by atoms with Gasteiger partial charge in [-0.05, 0) is 24.5 Å². The lowest BCUT2D eigenvalue weighted by Crippen LogP contribution is -2.10. The van der Waals surface area contributed by atoms with Crippen LogP contribution in [0.3, 0.4) is 0 Å². The summed E-state index contributed by atoms with van der Waals surface area (Å²) in [5.41, 5.74) is 6.50. The lowest BCUT2D eigenvalue weighted by atomic mass is 10.0. The van der Waals surface area contributed by atoms with Gasteiger partial charge in [-0.1, -0.05) is 23.7 Å². The van der Waals surface area contributed by atoms with Gasteiger partial charge in [0.15, 0.2) is 0 Å². The van der Waals surface area contributed by atoms with E-state index in [0.29, 0.717) is 6.42 Å². The lowest BCUT2D eigenvalue weighted by molar-refractivity contribution is -0.384. The minimum absolute atomic E-state index is 0. The molecular formula is C11H14Cl2N2O2. The molecule has 0 bridgehead atoms. The summed E-state index contributed by atoms with van der Waals surface area (Å²) in [6, 6.07) is 4.41. The average Bonchev–Trinajstić information content (AvgIpc) is 2.26. The van der Waals surface area contributed by atoms with Gasteiger partial charge in [0.1, 0.15) is 5.02 Å². The van der Waals surface area contributed by atoms with Crippen molar-refractivity contribution in [3.63, 3.8) is 0 Å². The zero-order valence-electron chi connectivity index (χ0n) is 9.14. The second-order valence-electron chi connectivity index (χ2n) is 3.44. The van der Waals surface area contributed by atoms with E-state index in [0.717, 1.165) is 12.0 Å². The first-order valence-electron chi connectivity index (χ1n) is 4.86. The zero-order valence-corrected chi connectivity index (χ0v) is 10.7. The molecule has 0 saturated heterocycles. The van der Waals surface area contributed by atoms with Crippen molar-refractivity contribution in [2.75, 3.05) is 0 Å². The monoisotopic (exact) mass is 276 g/mol. The van der Waals surface area contributed by atoms with Crippen LogP contribution >= 0.6 is 24.0 Å². The molecule has 1 rings (SSSR count). The van der Waals surface area contributed by atoms with Crippen LogP contribution in [-0.2, 0) is 0 Å². The van der Waals surface area contributed by atoms with Crippen molar-refractivity contribution in [3.8, 4) is 0 Å².